The van der Waals surface area contributed by atoms with Gasteiger partial charge in [-0.25, -0.2) is 4.57 Å². The van der Waals surface area contributed by atoms with Gasteiger partial charge in [-0.3, -0.25) is 18.6 Å². The summed E-state index contributed by atoms with van der Waals surface area (Å²) in [5.41, 5.74) is 5.40. The van der Waals surface area contributed by atoms with Gasteiger partial charge in [0.15, 0.2) is 6.10 Å². The van der Waals surface area contributed by atoms with E-state index in [1.165, 1.54) is 205 Å². The van der Waals surface area contributed by atoms with E-state index in [2.05, 4.69) is 86.8 Å². The fourth-order valence-electron chi connectivity index (χ4n) is 9.31. The van der Waals surface area contributed by atoms with Gasteiger partial charge in [0.1, 0.15) is 6.61 Å². The number of unbranched alkanes of at least 4 members (excludes halogenated alkanes) is 36. The van der Waals surface area contributed by atoms with Gasteiger partial charge in [-0.05, 0) is 83.5 Å². The van der Waals surface area contributed by atoms with Crippen LogP contribution in [0, 0.1) is 0 Å². The Labute approximate surface area is 475 Å². The first-order chi connectivity index (χ1) is 37.8. The fourth-order valence-corrected chi connectivity index (χ4v) is 10.1. The molecular weight excluding hydrogens is 978 g/mol. The van der Waals surface area contributed by atoms with E-state index in [0.717, 1.165) is 70.6 Å². The predicted octanol–water partition coefficient (Wildman–Crippen LogP) is 20.9. The van der Waals surface area contributed by atoms with Gasteiger partial charge in [0, 0.05) is 19.4 Å². The molecule has 10 heteroatoms. The fraction of sp³-hybridized carbons (Fsp3) is 0.791. The lowest BCUT2D eigenvalue weighted by Gasteiger charge is -2.19. The van der Waals surface area contributed by atoms with Crippen LogP contribution in [-0.4, -0.2) is 49.3 Å². The average molecular weight is 1100 g/mol. The van der Waals surface area contributed by atoms with Crippen molar-refractivity contribution in [3.63, 3.8) is 0 Å². The van der Waals surface area contributed by atoms with Crippen LogP contribution in [-0.2, 0) is 32.7 Å². The summed E-state index contributed by atoms with van der Waals surface area (Å²) < 4.78 is 33.1. The molecule has 0 spiro atoms. The number of rotatable bonds is 61. The summed E-state index contributed by atoms with van der Waals surface area (Å²) in [6, 6.07) is 0. The van der Waals surface area contributed by atoms with Crippen LogP contribution in [0.3, 0.4) is 0 Å². The number of nitrogens with two attached hydrogens (primary N) is 1. The molecule has 0 aromatic heterocycles. The van der Waals surface area contributed by atoms with E-state index in [-0.39, 0.29) is 38.6 Å². The first kappa shape index (κ1) is 74.5. The lowest BCUT2D eigenvalue weighted by Crippen LogP contribution is -2.29. The number of esters is 2. The molecule has 0 amide bonds. The van der Waals surface area contributed by atoms with Gasteiger partial charge in [0.05, 0.1) is 13.2 Å². The number of phosphoric ester groups is 1. The molecule has 2 atom stereocenters. The zero-order chi connectivity index (χ0) is 55.9. The Morgan fingerprint density at radius 1 is 0.403 bits per heavy atom. The van der Waals surface area contributed by atoms with Crippen molar-refractivity contribution >= 4 is 19.8 Å². The molecule has 0 aliphatic carbocycles. The monoisotopic (exact) mass is 1100 g/mol. The van der Waals surface area contributed by atoms with Crippen molar-refractivity contribution in [2.75, 3.05) is 26.4 Å². The summed E-state index contributed by atoms with van der Waals surface area (Å²) in [7, 11) is -4.39. The van der Waals surface area contributed by atoms with E-state index in [4.69, 9.17) is 24.3 Å². The first-order valence-electron chi connectivity index (χ1n) is 32.4. The summed E-state index contributed by atoms with van der Waals surface area (Å²) in [4.78, 5) is 35.3. The molecule has 0 fully saturated rings. The van der Waals surface area contributed by atoms with Crippen LogP contribution in [0.2, 0.25) is 0 Å². The van der Waals surface area contributed by atoms with Crippen molar-refractivity contribution in [1.29, 1.82) is 0 Å². The number of hydrogen-bond donors (Lipinski definition) is 2. The number of hydrogen-bond acceptors (Lipinski definition) is 8. The maximum Gasteiger partial charge on any atom is 0.472 e. The predicted molar refractivity (Wildman–Crippen MR) is 330 cm³/mol. The summed E-state index contributed by atoms with van der Waals surface area (Å²) in [6.07, 6.45) is 81.2. The molecule has 0 saturated carbocycles. The first-order valence-corrected chi connectivity index (χ1v) is 33.9. The van der Waals surface area contributed by atoms with Crippen LogP contribution in [0.25, 0.3) is 0 Å². The highest BCUT2D eigenvalue weighted by Gasteiger charge is 2.26. The van der Waals surface area contributed by atoms with Gasteiger partial charge in [-0.1, -0.05) is 286 Å². The summed E-state index contributed by atoms with van der Waals surface area (Å²) in [6.45, 7) is 3.66. The highest BCUT2D eigenvalue weighted by Crippen LogP contribution is 2.43. The molecule has 0 aliphatic heterocycles. The van der Waals surface area contributed by atoms with Gasteiger partial charge in [0.25, 0.3) is 0 Å². The second-order valence-corrected chi connectivity index (χ2v) is 23.1. The molecule has 448 valence electrons. The van der Waals surface area contributed by atoms with Gasteiger partial charge in [-0.15, -0.1) is 0 Å². The van der Waals surface area contributed by atoms with Crippen LogP contribution in [0.15, 0.2) is 72.9 Å². The molecule has 0 aromatic carbocycles. The summed E-state index contributed by atoms with van der Waals surface area (Å²) in [5, 5.41) is 0. The van der Waals surface area contributed by atoms with Gasteiger partial charge >= 0.3 is 19.8 Å². The Hall–Kier alpha value is -2.55. The zero-order valence-corrected chi connectivity index (χ0v) is 51.1. The molecule has 0 aromatic rings. The molecule has 0 rings (SSSR count). The lowest BCUT2D eigenvalue weighted by molar-refractivity contribution is -0.161. The second-order valence-electron chi connectivity index (χ2n) is 21.6. The highest BCUT2D eigenvalue weighted by molar-refractivity contribution is 7.47. The van der Waals surface area contributed by atoms with Crippen molar-refractivity contribution in [3.05, 3.63) is 72.9 Å². The quantitative estimate of drug-likeness (QED) is 0.0264. The van der Waals surface area contributed by atoms with Crippen LogP contribution in [0.5, 0.6) is 0 Å². The number of carbonyl (C=O) groups is 2. The van der Waals surface area contributed by atoms with E-state index >= 15 is 0 Å². The molecule has 0 saturated heterocycles. The standard InChI is InChI=1S/C67H122NO8P/c1-3-5-7-9-11-13-15-17-19-21-23-25-27-29-31-32-34-35-37-39-41-43-45-47-49-51-53-55-57-59-66(69)73-63-65(64-75-77(71,72)74-62-61-68)76-67(70)60-58-56-54-52-50-48-46-44-42-40-38-36-33-30-28-26-24-22-20-18-16-14-12-10-8-6-4-2/h6,8,12,14-15,17-18,20-21,23-24,26,65H,3-5,7,9-11,13,16,19,22,25,27-64,68H2,1-2H3,(H,71,72)/b8-6-,14-12-,17-15-,20-18-,23-21-,26-24-. The Bertz CT molecular complexity index is 1490. The lowest BCUT2D eigenvalue weighted by atomic mass is 10.0. The van der Waals surface area contributed by atoms with Crippen molar-refractivity contribution in [1.82, 2.24) is 0 Å². The third-order valence-corrected chi connectivity index (χ3v) is 15.1. The Kier molecular flexibility index (Phi) is 60.6. The van der Waals surface area contributed by atoms with Gasteiger partial charge < -0.3 is 20.1 Å². The van der Waals surface area contributed by atoms with E-state index < -0.39 is 26.5 Å². The summed E-state index contributed by atoms with van der Waals surface area (Å²) in [5.74, 6) is -0.817. The topological polar surface area (TPSA) is 134 Å². The van der Waals surface area contributed by atoms with Gasteiger partial charge in [0.2, 0.25) is 0 Å². The van der Waals surface area contributed by atoms with E-state index in [1.54, 1.807) is 0 Å². The SMILES string of the molecule is CC/C=C\C/C=C\C/C=C\C/C=C\CCCCCCCCCCCCCCCCC(=O)OC(COC(=O)CCCCCCCCCCCCCCCCCCC/C=C\C/C=C\CCCCCCC)COP(=O)(O)OCCN. The Morgan fingerprint density at radius 2 is 0.714 bits per heavy atom. The van der Waals surface area contributed by atoms with Crippen LogP contribution in [0.4, 0.5) is 0 Å². The smallest absolute Gasteiger partial charge is 0.462 e. The molecule has 77 heavy (non-hydrogen) atoms. The molecule has 9 nitrogen and oxygen atoms in total. The largest absolute Gasteiger partial charge is 0.472 e. The average Bonchev–Trinajstić information content (AvgIpc) is 3.42. The third kappa shape index (κ3) is 62.5. The number of allylic oxidation sites excluding steroid dienone is 12. The highest BCUT2D eigenvalue weighted by atomic mass is 31.2. The Morgan fingerprint density at radius 3 is 1.06 bits per heavy atom. The molecular formula is C67H122NO8P. The minimum atomic E-state index is -4.39. The van der Waals surface area contributed by atoms with Crippen molar-refractivity contribution in [2.45, 2.75) is 315 Å². The minimum absolute atomic E-state index is 0.0525. The zero-order valence-electron chi connectivity index (χ0n) is 50.2. The molecule has 0 radical (unpaired) electrons. The van der Waals surface area contributed by atoms with Crippen LogP contribution < -0.4 is 5.73 Å². The number of ether oxygens (including phenoxy) is 2. The third-order valence-electron chi connectivity index (χ3n) is 14.1. The molecule has 0 bridgehead atoms. The molecule has 0 aliphatic rings. The van der Waals surface area contributed by atoms with Crippen molar-refractivity contribution < 1.29 is 37.6 Å². The maximum atomic E-state index is 12.7. The number of carbonyl (C=O) groups excluding carboxylic acids is 2. The van der Waals surface area contributed by atoms with E-state index in [9.17, 15) is 19.0 Å². The van der Waals surface area contributed by atoms with E-state index in [0.29, 0.717) is 6.42 Å². The van der Waals surface area contributed by atoms with Crippen molar-refractivity contribution in [2.24, 2.45) is 5.73 Å². The number of phosphoric acid groups is 1. The summed E-state index contributed by atoms with van der Waals surface area (Å²) >= 11 is 0. The molecule has 2 unspecified atom stereocenters. The Balaban J connectivity index is 3.89. The van der Waals surface area contributed by atoms with Gasteiger partial charge in [-0.2, -0.15) is 0 Å². The maximum absolute atomic E-state index is 12.7. The molecule has 3 N–H and O–H groups in total. The second kappa shape index (κ2) is 62.6. The normalized spacial score (nSPS) is 13.5. The van der Waals surface area contributed by atoms with Crippen molar-refractivity contribution in [3.8, 4) is 0 Å². The van der Waals surface area contributed by atoms with Crippen LogP contribution in [0.1, 0.15) is 309 Å². The van der Waals surface area contributed by atoms with Crippen LogP contribution >= 0.6 is 7.82 Å². The molecule has 0 heterocycles. The van der Waals surface area contributed by atoms with E-state index in [1.807, 2.05) is 0 Å². The minimum Gasteiger partial charge on any atom is -0.462 e.